The third-order valence-corrected chi connectivity index (χ3v) is 7.32. The van der Waals surface area contributed by atoms with Gasteiger partial charge in [0, 0.05) is 17.3 Å². The van der Waals surface area contributed by atoms with Crippen molar-refractivity contribution in [3.05, 3.63) is 53.1 Å². The van der Waals surface area contributed by atoms with Gasteiger partial charge in [-0.05, 0) is 55.3 Å². The highest BCUT2D eigenvalue weighted by Crippen LogP contribution is 2.34. The van der Waals surface area contributed by atoms with Gasteiger partial charge in [-0.25, -0.2) is 12.7 Å². The van der Waals surface area contributed by atoms with Crippen LogP contribution in [-0.4, -0.2) is 33.0 Å². The van der Waals surface area contributed by atoms with Gasteiger partial charge < -0.3 is 4.74 Å². The molecular formula is C18H19ClN2O3S2. The highest BCUT2D eigenvalue weighted by molar-refractivity contribution is 8.15. The lowest BCUT2D eigenvalue weighted by molar-refractivity contribution is 0.414. The molecule has 0 aliphatic carbocycles. The van der Waals surface area contributed by atoms with E-state index in [4.69, 9.17) is 16.3 Å². The van der Waals surface area contributed by atoms with Crippen molar-refractivity contribution in [3.63, 3.8) is 0 Å². The Kier molecular flexibility index (Phi) is 5.79. The molecule has 0 atom stereocenters. The Morgan fingerprint density at radius 1 is 1.19 bits per heavy atom. The molecule has 0 fully saturated rings. The molecule has 0 saturated heterocycles. The van der Waals surface area contributed by atoms with Crippen molar-refractivity contribution in [2.75, 3.05) is 23.7 Å². The Morgan fingerprint density at radius 3 is 2.54 bits per heavy atom. The maximum Gasteiger partial charge on any atom is 0.270 e. The summed E-state index contributed by atoms with van der Waals surface area (Å²) in [5, 5.41) is 0.983. The number of methoxy groups -OCH3 is 1. The molecule has 0 saturated carbocycles. The van der Waals surface area contributed by atoms with Gasteiger partial charge in [0.1, 0.15) is 5.75 Å². The molecular weight excluding hydrogens is 392 g/mol. The second-order valence-corrected chi connectivity index (χ2v) is 8.95. The number of thioether (sulfide) groups is 1. The summed E-state index contributed by atoms with van der Waals surface area (Å²) in [6, 6.07) is 11.6. The van der Waals surface area contributed by atoms with Crippen LogP contribution in [0.1, 0.15) is 12.0 Å². The second kappa shape index (κ2) is 7.90. The largest absolute Gasteiger partial charge is 0.497 e. The highest BCUT2D eigenvalue weighted by Gasteiger charge is 2.32. The van der Waals surface area contributed by atoms with Gasteiger partial charge in [-0.2, -0.15) is 0 Å². The van der Waals surface area contributed by atoms with Gasteiger partial charge in [0.15, 0.2) is 5.17 Å². The summed E-state index contributed by atoms with van der Waals surface area (Å²) in [6.45, 7) is 2.42. The molecule has 0 bridgehead atoms. The Labute approximate surface area is 163 Å². The van der Waals surface area contributed by atoms with Crippen molar-refractivity contribution in [1.82, 2.24) is 0 Å². The number of benzene rings is 2. The van der Waals surface area contributed by atoms with E-state index >= 15 is 0 Å². The monoisotopic (exact) mass is 410 g/mol. The third kappa shape index (κ3) is 3.70. The number of nitrogens with zero attached hydrogens (tertiary/aromatic N) is 2. The molecule has 0 N–H and O–H groups in total. The van der Waals surface area contributed by atoms with Gasteiger partial charge in [0.05, 0.1) is 17.7 Å². The number of halogens is 1. The number of ether oxygens (including phenoxy) is 1. The van der Waals surface area contributed by atoms with Gasteiger partial charge in [-0.1, -0.05) is 29.4 Å². The molecule has 0 amide bonds. The van der Waals surface area contributed by atoms with Crippen molar-refractivity contribution < 1.29 is 13.2 Å². The summed E-state index contributed by atoms with van der Waals surface area (Å²) >= 11 is 7.69. The van der Waals surface area contributed by atoms with Crippen molar-refractivity contribution in [3.8, 4) is 5.75 Å². The molecule has 0 unspecified atom stereocenters. The number of sulfonamides is 1. The molecule has 5 nitrogen and oxygen atoms in total. The molecule has 0 aromatic heterocycles. The molecule has 0 spiro atoms. The summed E-state index contributed by atoms with van der Waals surface area (Å²) in [5.74, 6) is 1.42. The number of hydrogen-bond donors (Lipinski definition) is 0. The summed E-state index contributed by atoms with van der Waals surface area (Å²) in [4.78, 5) is 4.63. The van der Waals surface area contributed by atoms with E-state index in [0.29, 0.717) is 33.7 Å². The molecule has 3 rings (SSSR count). The molecule has 1 aliphatic heterocycles. The smallest absolute Gasteiger partial charge is 0.270 e. The Morgan fingerprint density at radius 2 is 1.92 bits per heavy atom. The van der Waals surface area contributed by atoms with Crippen molar-refractivity contribution in [2.24, 2.45) is 4.99 Å². The van der Waals surface area contributed by atoms with Crippen LogP contribution in [0.15, 0.2) is 52.4 Å². The van der Waals surface area contributed by atoms with Crippen LogP contribution in [0.25, 0.3) is 0 Å². The first kappa shape index (κ1) is 19.1. The zero-order valence-electron chi connectivity index (χ0n) is 14.5. The summed E-state index contributed by atoms with van der Waals surface area (Å²) < 4.78 is 33.3. The van der Waals surface area contributed by atoms with Crippen LogP contribution in [0.2, 0.25) is 5.02 Å². The van der Waals surface area contributed by atoms with Gasteiger partial charge in [0.2, 0.25) is 0 Å². The van der Waals surface area contributed by atoms with E-state index in [1.807, 2.05) is 6.92 Å². The van der Waals surface area contributed by atoms with Crippen LogP contribution in [0, 0.1) is 6.92 Å². The lowest BCUT2D eigenvalue weighted by atomic mass is 10.2. The number of amidine groups is 1. The van der Waals surface area contributed by atoms with E-state index in [1.165, 1.54) is 28.2 Å². The molecule has 8 heteroatoms. The Hall–Kier alpha value is -1.70. The van der Waals surface area contributed by atoms with E-state index in [2.05, 4.69) is 4.99 Å². The maximum atomic E-state index is 13.4. The minimum atomic E-state index is -3.85. The third-order valence-electron chi connectivity index (χ3n) is 4.01. The predicted molar refractivity (Wildman–Crippen MR) is 108 cm³/mol. The summed E-state index contributed by atoms with van der Waals surface area (Å²) in [7, 11) is -2.31. The van der Waals surface area contributed by atoms with Crippen LogP contribution in [-0.2, 0) is 10.0 Å². The maximum absolute atomic E-state index is 13.4. The molecule has 26 heavy (non-hydrogen) atoms. The van der Waals surface area contributed by atoms with Crippen LogP contribution < -0.4 is 9.04 Å². The standard InChI is InChI=1S/C18H19ClN2O3S2/c1-13-16(19)5-3-6-17(13)21(18-20-11-4-12-25-18)26(22,23)15-9-7-14(24-2)8-10-15/h3,5-10H,4,11-12H2,1-2H3. The van der Waals surface area contributed by atoms with Gasteiger partial charge in [0.25, 0.3) is 10.0 Å². The lowest BCUT2D eigenvalue weighted by Gasteiger charge is -2.28. The van der Waals surface area contributed by atoms with Gasteiger partial charge in [-0.15, -0.1) is 0 Å². The Bertz CT molecular complexity index is 928. The van der Waals surface area contributed by atoms with Gasteiger partial charge >= 0.3 is 0 Å². The first-order valence-corrected chi connectivity index (χ1v) is 10.9. The van der Waals surface area contributed by atoms with E-state index < -0.39 is 10.0 Å². The topological polar surface area (TPSA) is 59.0 Å². The average Bonchev–Trinajstić information content (AvgIpc) is 2.66. The van der Waals surface area contributed by atoms with E-state index in [-0.39, 0.29) is 4.90 Å². The number of anilines is 1. The van der Waals surface area contributed by atoms with Crippen molar-refractivity contribution in [1.29, 1.82) is 0 Å². The molecule has 2 aromatic carbocycles. The zero-order valence-corrected chi connectivity index (χ0v) is 16.9. The van der Waals surface area contributed by atoms with Crippen LogP contribution in [0.4, 0.5) is 5.69 Å². The van der Waals surface area contributed by atoms with Gasteiger partial charge in [-0.3, -0.25) is 4.99 Å². The van der Waals surface area contributed by atoms with Crippen LogP contribution >= 0.6 is 23.4 Å². The van der Waals surface area contributed by atoms with E-state index in [9.17, 15) is 8.42 Å². The van der Waals surface area contributed by atoms with E-state index in [1.54, 1.807) is 37.4 Å². The molecule has 1 heterocycles. The van der Waals surface area contributed by atoms with E-state index in [0.717, 1.165) is 12.2 Å². The fraction of sp³-hybridized carbons (Fsp3) is 0.278. The first-order chi connectivity index (χ1) is 12.4. The molecule has 2 aromatic rings. The van der Waals surface area contributed by atoms with Crippen molar-refractivity contribution in [2.45, 2.75) is 18.2 Å². The summed E-state index contributed by atoms with van der Waals surface area (Å²) in [5.41, 5.74) is 1.21. The zero-order chi connectivity index (χ0) is 18.7. The number of rotatable bonds is 4. The minimum Gasteiger partial charge on any atom is -0.497 e. The quantitative estimate of drug-likeness (QED) is 0.752. The van der Waals surface area contributed by atoms with Crippen LogP contribution in [0.5, 0.6) is 5.75 Å². The minimum absolute atomic E-state index is 0.173. The fourth-order valence-electron chi connectivity index (χ4n) is 2.58. The fourth-order valence-corrected chi connectivity index (χ4v) is 5.46. The lowest BCUT2D eigenvalue weighted by Crippen LogP contribution is -2.37. The first-order valence-electron chi connectivity index (χ1n) is 8.07. The summed E-state index contributed by atoms with van der Waals surface area (Å²) in [6.07, 6.45) is 0.930. The second-order valence-electron chi connectivity index (χ2n) is 5.70. The predicted octanol–water partition coefficient (Wildman–Crippen LogP) is 4.35. The number of hydrogen-bond acceptors (Lipinski definition) is 5. The molecule has 1 aliphatic rings. The van der Waals surface area contributed by atoms with Crippen molar-refractivity contribution >= 4 is 44.2 Å². The SMILES string of the molecule is COc1ccc(S(=O)(=O)N(C2=NCCCS2)c2cccc(Cl)c2C)cc1. The van der Waals surface area contributed by atoms with Crippen LogP contribution in [0.3, 0.4) is 0 Å². The Balaban J connectivity index is 2.16. The average molecular weight is 411 g/mol. The normalized spacial score (nSPS) is 14.7. The highest BCUT2D eigenvalue weighted by atomic mass is 35.5. The number of aliphatic imine (C=N–C) groups is 1. The molecule has 0 radical (unpaired) electrons. The molecule has 138 valence electrons.